The summed E-state index contributed by atoms with van der Waals surface area (Å²) < 4.78 is 76.2. The van der Waals surface area contributed by atoms with Crippen LogP contribution in [0.4, 0.5) is 13.2 Å². The maximum atomic E-state index is 12.2. The van der Waals surface area contributed by atoms with Crippen molar-refractivity contribution in [1.82, 2.24) is 0 Å². The van der Waals surface area contributed by atoms with Gasteiger partial charge in [0.25, 0.3) is 0 Å². The molecular formula is C20H51Cl3F3N4O4-. The lowest BCUT2D eigenvalue weighted by Crippen LogP contribution is -3.00. The van der Waals surface area contributed by atoms with Crippen LogP contribution in [0.2, 0.25) is 0 Å². The molecule has 14 heteroatoms. The van der Waals surface area contributed by atoms with E-state index in [1.165, 1.54) is 7.05 Å². The lowest BCUT2D eigenvalue weighted by molar-refractivity contribution is -0.879. The van der Waals surface area contributed by atoms with Crippen molar-refractivity contribution in [2.24, 2.45) is 0 Å². The summed E-state index contributed by atoms with van der Waals surface area (Å²) in [6, 6.07) is 0. The summed E-state index contributed by atoms with van der Waals surface area (Å²) in [6.07, 6.45) is 0. The van der Waals surface area contributed by atoms with Crippen molar-refractivity contribution in [2.45, 2.75) is 0 Å². The fourth-order valence-electron chi connectivity index (χ4n) is 0.965. The summed E-state index contributed by atoms with van der Waals surface area (Å²) in [5, 5.41) is 34.0. The van der Waals surface area contributed by atoms with Crippen molar-refractivity contribution < 1.29 is 84.6 Å². The SMILES string of the molecule is C[N+](C)([11CH3])CCO.Cl.[2H]C([2H])(O)C([2H])([2H])[N+]([CH2-])(C)C[18F].[2H]C([2H])(O)C[N+]([CH2-])(C)C[18F].[CH2-][N+](C)(C[18F])CCO.[Cl-].[Cl-]. The lowest BCUT2D eigenvalue weighted by atomic mass is 10.3. The molecule has 0 aliphatic carbocycles. The zero-order valence-electron chi connectivity index (χ0n) is 27.2. The minimum absolute atomic E-state index is 0. The normalized spacial score (nSPS) is 19.1. The van der Waals surface area contributed by atoms with Crippen LogP contribution in [0.3, 0.4) is 0 Å². The Kier molecular flexibility index (Phi) is 28.2. The smallest absolute Gasteiger partial charge is 0.198 e. The van der Waals surface area contributed by atoms with Gasteiger partial charge in [-0.2, -0.15) is 13.2 Å². The van der Waals surface area contributed by atoms with Crippen molar-refractivity contribution in [3.8, 4) is 0 Å². The molecule has 0 aliphatic heterocycles. The van der Waals surface area contributed by atoms with Crippen LogP contribution in [0, 0.1) is 21.1 Å². The zero-order valence-corrected chi connectivity index (χ0v) is 23.5. The summed E-state index contributed by atoms with van der Waals surface area (Å²) in [4.78, 5) is 0. The number of aliphatic hydroxyl groups is 4. The van der Waals surface area contributed by atoms with Crippen LogP contribution in [0.25, 0.3) is 0 Å². The second kappa shape index (κ2) is 27.9. The number of hydrogen-bond acceptors (Lipinski definition) is 4. The average molecular weight is 577 g/mol. The van der Waals surface area contributed by atoms with E-state index in [-0.39, 0.29) is 61.5 Å². The molecule has 0 rings (SSSR count). The molecular weight excluding hydrogens is 520 g/mol. The van der Waals surface area contributed by atoms with Gasteiger partial charge in [0.15, 0.2) is 20.4 Å². The van der Waals surface area contributed by atoms with Crippen molar-refractivity contribution >= 4 is 12.4 Å². The van der Waals surface area contributed by atoms with Crippen molar-refractivity contribution in [3.05, 3.63) is 21.1 Å². The quantitative estimate of drug-likeness (QED) is 0.112. The van der Waals surface area contributed by atoms with Gasteiger partial charge in [0, 0.05) is 21.1 Å². The van der Waals surface area contributed by atoms with Crippen LogP contribution < -0.4 is 24.8 Å². The highest BCUT2D eigenvalue weighted by atomic mass is 35.5. The van der Waals surface area contributed by atoms with Crippen LogP contribution in [-0.4, -0.2) is 154 Å². The molecule has 34 heavy (non-hydrogen) atoms. The van der Waals surface area contributed by atoms with Crippen molar-refractivity contribution in [3.63, 3.8) is 0 Å². The molecule has 4 N–H and O–H groups in total. The van der Waals surface area contributed by atoms with E-state index < -0.39 is 49.0 Å². The number of nitrogens with zero attached hydrogens (tertiary/aromatic N) is 4. The Morgan fingerprint density at radius 2 is 0.941 bits per heavy atom. The third kappa shape index (κ3) is 49.5. The second-order valence-corrected chi connectivity index (χ2v) is 8.72. The van der Waals surface area contributed by atoms with Gasteiger partial charge in [0.1, 0.15) is 6.54 Å². The van der Waals surface area contributed by atoms with E-state index in [0.717, 1.165) is 18.1 Å². The third-order valence-corrected chi connectivity index (χ3v) is 3.02. The largest absolute Gasteiger partial charge is 1.00 e. The summed E-state index contributed by atoms with van der Waals surface area (Å²) in [7, 11) is 20.2. The summed E-state index contributed by atoms with van der Waals surface area (Å²) in [5.74, 6) is 0. The first kappa shape index (κ1) is 34.3. The Hall–Kier alpha value is 0.340. The second-order valence-electron chi connectivity index (χ2n) is 8.72. The number of rotatable bonds is 11. The third-order valence-electron chi connectivity index (χ3n) is 3.02. The molecule has 0 heterocycles. The minimum atomic E-state index is -3.12. The molecule has 3 unspecified atom stereocenters. The number of quaternary nitrogens is 4. The van der Waals surface area contributed by atoms with E-state index in [9.17, 15) is 13.2 Å². The lowest BCUT2D eigenvalue weighted by Gasteiger charge is -2.33. The van der Waals surface area contributed by atoms with Crippen LogP contribution in [-0.2, 0) is 0 Å². The van der Waals surface area contributed by atoms with E-state index in [1.807, 2.05) is 0 Å². The molecule has 0 aromatic rings. The molecule has 3 atom stereocenters. The van der Waals surface area contributed by atoms with Gasteiger partial charge >= 0.3 is 0 Å². The molecule has 0 aliphatic rings. The molecule has 0 saturated carbocycles. The van der Waals surface area contributed by atoms with Gasteiger partial charge in [-0.15, -0.1) is 33.6 Å². The standard InChI is InChI=1S/3C5H12FNO.C5H14NO.3ClH/c3*1-7(2,5-6)3-4-8;1-6(2,3)4-5-7;;;/h3*8H,1,3-5H2,2H3;7H,4-5H2,1-3H3;3*1H/q;;;+1;;;/p-2/i3D2,4D2,6-1;4D2,6-1;6-1;1-1;;;. The number of alkyl halides is 3. The average Bonchev–Trinajstić information content (AvgIpc) is 2.66. The Morgan fingerprint density at radius 3 is 1.03 bits per heavy atom. The molecule has 8 nitrogen and oxygen atoms in total. The minimum Gasteiger partial charge on any atom is -1.00 e. The molecule has 0 radical (unpaired) electrons. The van der Waals surface area contributed by atoms with E-state index in [2.05, 4.69) is 42.3 Å². The van der Waals surface area contributed by atoms with E-state index in [0.29, 0.717) is 6.54 Å². The Morgan fingerprint density at radius 1 is 0.618 bits per heavy atom. The molecule has 0 fully saturated rings. The molecule has 0 amide bonds. The summed E-state index contributed by atoms with van der Waals surface area (Å²) in [5.41, 5.74) is 0. The number of aliphatic hydroxyl groups excluding tert-OH is 2. The number of likely N-dealkylation sites (N-methyl/N-ethyl adjacent to an activating group) is 4. The molecule has 0 spiro atoms. The van der Waals surface area contributed by atoms with Crippen molar-refractivity contribution in [1.29, 1.82) is 0 Å². The highest BCUT2D eigenvalue weighted by Crippen LogP contribution is 1.97. The highest BCUT2D eigenvalue weighted by molar-refractivity contribution is 5.85. The highest BCUT2D eigenvalue weighted by Gasteiger charge is 2.05. The van der Waals surface area contributed by atoms with E-state index in [4.69, 9.17) is 28.7 Å². The van der Waals surface area contributed by atoms with Gasteiger partial charge < -0.3 is 63.2 Å². The fourth-order valence-corrected chi connectivity index (χ4v) is 0.965. The molecule has 0 aromatic carbocycles. The van der Waals surface area contributed by atoms with Gasteiger partial charge in [-0.05, 0) is 0 Å². The monoisotopic (exact) mass is 575 g/mol. The van der Waals surface area contributed by atoms with Gasteiger partial charge in [-0.3, -0.25) is 0 Å². The molecule has 0 aromatic heterocycles. The first-order valence-corrected chi connectivity index (χ1v) is 9.24. The van der Waals surface area contributed by atoms with Crippen LogP contribution in [0.1, 0.15) is 8.22 Å². The van der Waals surface area contributed by atoms with Crippen LogP contribution in [0.15, 0.2) is 0 Å². The predicted molar refractivity (Wildman–Crippen MR) is 126 cm³/mol. The van der Waals surface area contributed by atoms with E-state index in [1.54, 1.807) is 7.05 Å². The summed E-state index contributed by atoms with van der Waals surface area (Å²) >= 11 is 0. The maximum Gasteiger partial charge on any atom is 0.198 e. The maximum absolute atomic E-state index is 12.2. The Labute approximate surface area is 233 Å². The van der Waals surface area contributed by atoms with E-state index >= 15 is 0 Å². The molecule has 0 saturated heterocycles. The number of halogens is 6. The first-order valence-electron chi connectivity index (χ1n) is 12.2. The predicted octanol–water partition coefficient (Wildman–Crippen LogP) is -5.45. The molecule has 0 bridgehead atoms. The topological polar surface area (TPSA) is 80.9 Å². The van der Waals surface area contributed by atoms with Gasteiger partial charge in [-0.25, -0.2) is 0 Å². The van der Waals surface area contributed by atoms with Crippen LogP contribution >= 0.6 is 12.4 Å². The van der Waals surface area contributed by atoms with Gasteiger partial charge in [-0.1, -0.05) is 0 Å². The van der Waals surface area contributed by atoms with Crippen LogP contribution in [0.5, 0.6) is 0 Å². The first-order chi connectivity index (χ1) is 16.0. The molecule has 218 valence electrons. The zero-order chi connectivity index (χ0) is 31.2. The summed E-state index contributed by atoms with van der Waals surface area (Å²) in [6.45, 7) is -9.62. The number of hydrogen-bond donors (Lipinski definition) is 4. The van der Waals surface area contributed by atoms with Gasteiger partial charge in [0.05, 0.1) is 75.3 Å². The van der Waals surface area contributed by atoms with Crippen molar-refractivity contribution in [2.75, 3.05) is 115 Å². The fraction of sp³-hybridized carbons (Fsp3) is 0.850. The van der Waals surface area contributed by atoms with Gasteiger partial charge in [0.2, 0.25) is 0 Å². The Bertz CT molecular complexity index is 605. The Balaban J connectivity index is -0.0000000722.